The van der Waals surface area contributed by atoms with Gasteiger partial charge in [0.05, 0.1) is 24.0 Å². The number of ketones is 1. The fraction of sp³-hybridized carbons (Fsp3) is 0.667. The van der Waals surface area contributed by atoms with E-state index in [4.69, 9.17) is 0 Å². The van der Waals surface area contributed by atoms with Gasteiger partial charge in [-0.1, -0.05) is 25.5 Å². The number of nitrogens with zero attached hydrogens (tertiary/aromatic N) is 1. The standard InChI is InChI=1S/C21H25NO4/c1-20-6-5-13(23)8-12(20)3-4-14-15-7-11(10-22)17(19(25)26)21(15,2)9-16(24)18(14)20/h5-6,8,11,14-18,24H,3-4,7,9H2,1-2H3,(H,25,26)/t11-,14+,15+,16+,17-,18-,20+,21+/m1/s1. The van der Waals surface area contributed by atoms with Crippen molar-refractivity contribution in [3.05, 3.63) is 23.8 Å². The lowest BCUT2D eigenvalue weighted by molar-refractivity contribution is -0.156. The van der Waals surface area contributed by atoms with Crippen LogP contribution in [0.3, 0.4) is 0 Å². The monoisotopic (exact) mass is 355 g/mol. The zero-order valence-electron chi connectivity index (χ0n) is 15.2. The minimum Gasteiger partial charge on any atom is -0.481 e. The molecule has 0 aromatic heterocycles. The molecular formula is C21H25NO4. The van der Waals surface area contributed by atoms with Crippen molar-refractivity contribution in [3.8, 4) is 6.07 Å². The summed E-state index contributed by atoms with van der Waals surface area (Å²) in [7, 11) is 0. The highest BCUT2D eigenvalue weighted by Crippen LogP contribution is 2.67. The minimum atomic E-state index is -0.919. The number of carbonyl (C=O) groups is 2. The number of aliphatic hydroxyl groups excluding tert-OH is 1. The van der Waals surface area contributed by atoms with Gasteiger partial charge in [0.1, 0.15) is 0 Å². The molecule has 26 heavy (non-hydrogen) atoms. The van der Waals surface area contributed by atoms with E-state index in [1.165, 1.54) is 0 Å². The van der Waals surface area contributed by atoms with Crippen LogP contribution in [0.15, 0.2) is 23.8 Å². The topological polar surface area (TPSA) is 98.4 Å². The van der Waals surface area contributed by atoms with E-state index in [2.05, 4.69) is 13.0 Å². The molecule has 0 bridgehead atoms. The van der Waals surface area contributed by atoms with Crippen LogP contribution in [0.25, 0.3) is 0 Å². The summed E-state index contributed by atoms with van der Waals surface area (Å²) < 4.78 is 0. The molecule has 0 aliphatic heterocycles. The third kappa shape index (κ3) is 2.11. The number of carboxylic acids is 1. The van der Waals surface area contributed by atoms with Gasteiger partial charge < -0.3 is 10.2 Å². The van der Waals surface area contributed by atoms with E-state index < -0.39 is 29.3 Å². The van der Waals surface area contributed by atoms with Crippen molar-refractivity contribution in [1.29, 1.82) is 5.26 Å². The first-order valence-electron chi connectivity index (χ1n) is 9.47. The van der Waals surface area contributed by atoms with Gasteiger partial charge in [0, 0.05) is 11.3 Å². The average molecular weight is 355 g/mol. The summed E-state index contributed by atoms with van der Waals surface area (Å²) in [5.74, 6) is -1.88. The van der Waals surface area contributed by atoms with Crippen LogP contribution in [0.4, 0.5) is 0 Å². The molecule has 0 aromatic carbocycles. The number of carboxylic acid groups (broad SMARTS) is 1. The SMILES string of the molecule is C[C@]12C[C@H](O)[C@H]3[C@@H](CCC4=CC(=O)C=C[C@@]43C)[C@@H]1C[C@H](C#N)[C@@H]2C(=O)O. The van der Waals surface area contributed by atoms with Crippen LogP contribution in [0, 0.1) is 51.8 Å². The number of carbonyl (C=O) groups excluding carboxylic acids is 1. The van der Waals surface area contributed by atoms with Crippen LogP contribution in [0.5, 0.6) is 0 Å². The van der Waals surface area contributed by atoms with E-state index in [9.17, 15) is 25.1 Å². The maximum atomic E-state index is 11.9. The number of nitriles is 1. The molecule has 3 saturated carbocycles. The zero-order chi connectivity index (χ0) is 18.9. The van der Waals surface area contributed by atoms with Crippen LogP contribution in [-0.4, -0.2) is 28.1 Å². The van der Waals surface area contributed by atoms with E-state index in [-0.39, 0.29) is 29.0 Å². The molecule has 0 aromatic rings. The molecule has 0 saturated heterocycles. The second-order valence-electron chi connectivity index (χ2n) is 9.09. The Balaban J connectivity index is 1.77. The highest BCUT2D eigenvalue weighted by Gasteiger charge is 2.65. The molecule has 0 radical (unpaired) electrons. The van der Waals surface area contributed by atoms with Crippen LogP contribution in [0.2, 0.25) is 0 Å². The minimum absolute atomic E-state index is 0.00224. The van der Waals surface area contributed by atoms with E-state index in [0.717, 1.165) is 18.4 Å². The first-order valence-corrected chi connectivity index (χ1v) is 9.47. The van der Waals surface area contributed by atoms with Crippen molar-refractivity contribution in [3.63, 3.8) is 0 Å². The summed E-state index contributed by atoms with van der Waals surface area (Å²) in [6.45, 7) is 4.05. The van der Waals surface area contributed by atoms with Gasteiger partial charge in [0.25, 0.3) is 0 Å². The Hall–Kier alpha value is -1.93. The number of allylic oxidation sites excluding steroid dienone is 4. The molecule has 0 heterocycles. The van der Waals surface area contributed by atoms with Crippen molar-refractivity contribution in [2.24, 2.45) is 40.4 Å². The molecule has 8 atom stereocenters. The van der Waals surface area contributed by atoms with Gasteiger partial charge in [-0.3, -0.25) is 9.59 Å². The van der Waals surface area contributed by atoms with Crippen LogP contribution in [-0.2, 0) is 9.59 Å². The van der Waals surface area contributed by atoms with Crippen molar-refractivity contribution < 1.29 is 19.8 Å². The third-order valence-corrected chi connectivity index (χ3v) is 7.98. The summed E-state index contributed by atoms with van der Waals surface area (Å²) in [5, 5.41) is 30.4. The van der Waals surface area contributed by atoms with Crippen LogP contribution < -0.4 is 0 Å². The largest absolute Gasteiger partial charge is 0.481 e. The van der Waals surface area contributed by atoms with Crippen LogP contribution in [0.1, 0.15) is 39.5 Å². The summed E-state index contributed by atoms with van der Waals surface area (Å²) >= 11 is 0. The second kappa shape index (κ2) is 5.53. The molecule has 3 fully saturated rings. The van der Waals surface area contributed by atoms with Crippen molar-refractivity contribution in [2.75, 3.05) is 0 Å². The summed E-state index contributed by atoms with van der Waals surface area (Å²) in [6, 6.07) is 2.23. The molecule has 138 valence electrons. The first kappa shape index (κ1) is 17.5. The predicted octanol–water partition coefficient (Wildman–Crippen LogP) is 2.72. The summed E-state index contributed by atoms with van der Waals surface area (Å²) in [5.41, 5.74) is 0.165. The Kier molecular flexibility index (Phi) is 3.72. The lowest BCUT2D eigenvalue weighted by Gasteiger charge is -2.58. The molecule has 4 aliphatic carbocycles. The van der Waals surface area contributed by atoms with Crippen LogP contribution >= 0.6 is 0 Å². The molecule has 0 spiro atoms. The van der Waals surface area contributed by atoms with Gasteiger partial charge >= 0.3 is 5.97 Å². The van der Waals surface area contributed by atoms with E-state index in [1.807, 2.05) is 13.0 Å². The third-order valence-electron chi connectivity index (χ3n) is 7.98. The number of aliphatic carboxylic acids is 1. The van der Waals surface area contributed by atoms with E-state index >= 15 is 0 Å². The second-order valence-corrected chi connectivity index (χ2v) is 9.09. The Labute approximate surface area is 153 Å². The highest BCUT2D eigenvalue weighted by atomic mass is 16.4. The smallest absolute Gasteiger partial charge is 0.308 e. The number of aliphatic hydroxyl groups is 1. The number of fused-ring (bicyclic) bond motifs is 5. The predicted molar refractivity (Wildman–Crippen MR) is 93.6 cm³/mol. The fourth-order valence-electron chi connectivity index (χ4n) is 6.96. The van der Waals surface area contributed by atoms with E-state index in [1.54, 1.807) is 12.2 Å². The normalized spacial score (nSPS) is 49.5. The first-order chi connectivity index (χ1) is 12.2. The van der Waals surface area contributed by atoms with Crippen molar-refractivity contribution in [1.82, 2.24) is 0 Å². The summed E-state index contributed by atoms with van der Waals surface area (Å²) in [4.78, 5) is 23.7. The van der Waals surface area contributed by atoms with Crippen molar-refractivity contribution in [2.45, 2.75) is 45.6 Å². The maximum Gasteiger partial charge on any atom is 0.308 e. The Morgan fingerprint density at radius 2 is 2.12 bits per heavy atom. The molecule has 5 nitrogen and oxygen atoms in total. The van der Waals surface area contributed by atoms with Gasteiger partial charge in [-0.25, -0.2) is 0 Å². The average Bonchev–Trinajstić information content (AvgIpc) is 2.87. The highest BCUT2D eigenvalue weighted by molar-refractivity contribution is 6.01. The van der Waals surface area contributed by atoms with Gasteiger partial charge in [-0.05, 0) is 55.1 Å². The van der Waals surface area contributed by atoms with Crippen molar-refractivity contribution >= 4 is 11.8 Å². The van der Waals surface area contributed by atoms with E-state index in [0.29, 0.717) is 12.8 Å². The van der Waals surface area contributed by atoms with Gasteiger partial charge in [-0.2, -0.15) is 5.26 Å². The molecule has 2 N–H and O–H groups in total. The Morgan fingerprint density at radius 3 is 2.77 bits per heavy atom. The number of hydrogen-bond acceptors (Lipinski definition) is 4. The lowest BCUT2D eigenvalue weighted by Crippen LogP contribution is -2.56. The molecule has 0 unspecified atom stereocenters. The van der Waals surface area contributed by atoms with Gasteiger partial charge in [-0.15, -0.1) is 0 Å². The quantitative estimate of drug-likeness (QED) is 0.753. The Bertz CT molecular complexity index is 777. The maximum absolute atomic E-state index is 11.9. The van der Waals surface area contributed by atoms with Gasteiger partial charge in [0.2, 0.25) is 0 Å². The zero-order valence-corrected chi connectivity index (χ0v) is 15.2. The summed E-state index contributed by atoms with van der Waals surface area (Å²) in [6.07, 6.45) is 7.25. The number of hydrogen-bond donors (Lipinski definition) is 2. The lowest BCUT2D eigenvalue weighted by atomic mass is 9.47. The molecule has 4 aliphatic rings. The molecule has 5 heteroatoms. The van der Waals surface area contributed by atoms with Gasteiger partial charge in [0.15, 0.2) is 5.78 Å². The fourth-order valence-corrected chi connectivity index (χ4v) is 6.96. The molecular weight excluding hydrogens is 330 g/mol. The molecule has 0 amide bonds. The number of rotatable bonds is 1. The Morgan fingerprint density at radius 1 is 1.38 bits per heavy atom. The molecule has 4 rings (SSSR count).